The molecule has 0 radical (unpaired) electrons. The summed E-state index contributed by atoms with van der Waals surface area (Å²) < 4.78 is 13.2. The van der Waals surface area contributed by atoms with Crippen LogP contribution in [-0.2, 0) is 13.7 Å². The second kappa shape index (κ2) is 9.99. The highest BCUT2D eigenvalue weighted by molar-refractivity contribution is 6.05. The Labute approximate surface area is 193 Å². The van der Waals surface area contributed by atoms with Crippen LogP contribution in [0, 0.1) is 6.92 Å². The van der Waals surface area contributed by atoms with Crippen LogP contribution in [0.3, 0.4) is 0 Å². The van der Waals surface area contributed by atoms with Gasteiger partial charge in [-0.25, -0.2) is 4.98 Å². The number of carbonyl (C=O) groups is 1. The minimum Gasteiger partial charge on any atom is -0.494 e. The maximum absolute atomic E-state index is 12.8. The van der Waals surface area contributed by atoms with Crippen molar-refractivity contribution >= 4 is 11.6 Å². The zero-order chi connectivity index (χ0) is 23.2. The van der Waals surface area contributed by atoms with Gasteiger partial charge in [0.15, 0.2) is 0 Å². The van der Waals surface area contributed by atoms with Gasteiger partial charge in [-0.2, -0.15) is 0 Å². The minimum absolute atomic E-state index is 0.187. The maximum atomic E-state index is 12.8. The van der Waals surface area contributed by atoms with Crippen molar-refractivity contribution in [3.8, 4) is 22.9 Å². The zero-order valence-electron chi connectivity index (χ0n) is 18.9. The van der Waals surface area contributed by atoms with Gasteiger partial charge in [0, 0.05) is 48.5 Å². The number of amides is 1. The molecule has 0 spiro atoms. The predicted octanol–water partition coefficient (Wildman–Crippen LogP) is 5.02. The number of hydrogen-bond donors (Lipinski definition) is 1. The molecule has 7 heteroatoms. The monoisotopic (exact) mass is 442 g/mol. The number of rotatable bonds is 8. The summed E-state index contributed by atoms with van der Waals surface area (Å²) in [6.07, 6.45) is 5.34. The Kier molecular flexibility index (Phi) is 6.69. The van der Waals surface area contributed by atoms with Crippen molar-refractivity contribution in [2.24, 2.45) is 7.05 Å². The number of pyridine rings is 1. The van der Waals surface area contributed by atoms with Crippen LogP contribution >= 0.6 is 0 Å². The van der Waals surface area contributed by atoms with Crippen LogP contribution in [-0.4, -0.2) is 27.0 Å². The van der Waals surface area contributed by atoms with E-state index < -0.39 is 0 Å². The molecule has 4 rings (SSSR count). The van der Waals surface area contributed by atoms with E-state index in [0.717, 1.165) is 34.1 Å². The van der Waals surface area contributed by atoms with Gasteiger partial charge in [0.1, 0.15) is 23.9 Å². The highest BCUT2D eigenvalue weighted by Gasteiger charge is 2.11. The van der Waals surface area contributed by atoms with E-state index in [4.69, 9.17) is 9.47 Å². The third-order valence-corrected chi connectivity index (χ3v) is 5.17. The lowest BCUT2D eigenvalue weighted by Crippen LogP contribution is -2.13. The summed E-state index contributed by atoms with van der Waals surface area (Å²) in [5, 5.41) is 3.00. The molecule has 1 amide bonds. The largest absolute Gasteiger partial charge is 0.494 e. The third-order valence-electron chi connectivity index (χ3n) is 5.17. The van der Waals surface area contributed by atoms with Gasteiger partial charge in [0.25, 0.3) is 5.91 Å². The maximum Gasteiger partial charge on any atom is 0.255 e. The summed E-state index contributed by atoms with van der Waals surface area (Å²) in [5.74, 6) is 2.07. The van der Waals surface area contributed by atoms with E-state index in [0.29, 0.717) is 24.5 Å². The van der Waals surface area contributed by atoms with Gasteiger partial charge >= 0.3 is 0 Å². The molecular weight excluding hydrogens is 416 g/mol. The molecule has 0 aliphatic carbocycles. The lowest BCUT2D eigenvalue weighted by molar-refractivity contribution is 0.102. The number of carbonyl (C=O) groups excluding carboxylic acids is 1. The number of imidazole rings is 1. The van der Waals surface area contributed by atoms with Crippen LogP contribution < -0.4 is 14.8 Å². The molecule has 0 unspecified atom stereocenters. The first-order chi connectivity index (χ1) is 16.0. The van der Waals surface area contributed by atoms with Gasteiger partial charge in [0.2, 0.25) is 0 Å². The van der Waals surface area contributed by atoms with Crippen molar-refractivity contribution in [1.82, 2.24) is 14.5 Å². The number of aryl methyl sites for hydroxylation is 2. The Morgan fingerprint density at radius 2 is 1.79 bits per heavy atom. The molecule has 4 aromatic rings. The molecule has 1 N–H and O–H groups in total. The molecule has 0 saturated heterocycles. The van der Waals surface area contributed by atoms with Crippen molar-refractivity contribution in [2.75, 3.05) is 11.9 Å². The van der Waals surface area contributed by atoms with Crippen LogP contribution in [0.1, 0.15) is 28.5 Å². The van der Waals surface area contributed by atoms with Gasteiger partial charge in [-0.1, -0.05) is 12.1 Å². The lowest BCUT2D eigenvalue weighted by Gasteiger charge is -2.12. The molecule has 2 heterocycles. The number of anilines is 1. The average Bonchev–Trinajstić information content (AvgIpc) is 3.26. The number of benzene rings is 2. The molecule has 0 aliphatic heterocycles. The topological polar surface area (TPSA) is 78.3 Å². The fraction of sp³-hybridized carbons (Fsp3) is 0.192. The van der Waals surface area contributed by atoms with Gasteiger partial charge in [-0.3, -0.25) is 9.78 Å². The molecule has 7 nitrogen and oxygen atoms in total. The Balaban J connectivity index is 1.41. The third kappa shape index (κ3) is 5.38. The molecule has 2 aromatic heterocycles. The highest BCUT2D eigenvalue weighted by atomic mass is 16.5. The van der Waals surface area contributed by atoms with Crippen LogP contribution in [0.5, 0.6) is 11.5 Å². The van der Waals surface area contributed by atoms with E-state index in [1.54, 1.807) is 36.7 Å². The zero-order valence-corrected chi connectivity index (χ0v) is 18.9. The average molecular weight is 443 g/mol. The van der Waals surface area contributed by atoms with Crippen LogP contribution in [0.2, 0.25) is 0 Å². The molecule has 33 heavy (non-hydrogen) atoms. The van der Waals surface area contributed by atoms with Gasteiger partial charge in [0.05, 0.1) is 12.3 Å². The van der Waals surface area contributed by atoms with Crippen LogP contribution in [0.15, 0.2) is 73.2 Å². The summed E-state index contributed by atoms with van der Waals surface area (Å²) in [4.78, 5) is 21.5. The summed E-state index contributed by atoms with van der Waals surface area (Å²) in [5.41, 5.74) is 3.98. The molecular formula is C26H26N4O3. The van der Waals surface area contributed by atoms with Crippen molar-refractivity contribution in [1.29, 1.82) is 0 Å². The molecule has 0 fully saturated rings. The Bertz CT molecular complexity index is 1250. The minimum atomic E-state index is -0.187. The van der Waals surface area contributed by atoms with Gasteiger partial charge < -0.3 is 19.4 Å². The van der Waals surface area contributed by atoms with Crippen molar-refractivity contribution in [2.45, 2.75) is 20.5 Å². The molecule has 0 aliphatic rings. The molecule has 168 valence electrons. The Morgan fingerprint density at radius 1 is 0.970 bits per heavy atom. The van der Waals surface area contributed by atoms with Crippen molar-refractivity contribution in [3.05, 3.63) is 90.0 Å². The van der Waals surface area contributed by atoms with Crippen molar-refractivity contribution in [3.63, 3.8) is 0 Å². The first-order valence-corrected chi connectivity index (χ1v) is 10.7. The Morgan fingerprint density at radius 3 is 2.52 bits per heavy atom. The molecule has 0 saturated carbocycles. The van der Waals surface area contributed by atoms with E-state index in [1.807, 2.05) is 62.0 Å². The molecule has 2 aromatic carbocycles. The van der Waals surface area contributed by atoms with E-state index >= 15 is 0 Å². The fourth-order valence-electron chi connectivity index (χ4n) is 3.39. The van der Waals surface area contributed by atoms with Gasteiger partial charge in [-0.15, -0.1) is 0 Å². The molecule has 0 atom stereocenters. The van der Waals surface area contributed by atoms with E-state index in [2.05, 4.69) is 15.3 Å². The summed E-state index contributed by atoms with van der Waals surface area (Å²) in [6.45, 7) is 4.81. The van der Waals surface area contributed by atoms with E-state index in [1.165, 1.54) is 0 Å². The highest BCUT2D eigenvalue weighted by Crippen LogP contribution is 2.25. The normalized spacial score (nSPS) is 10.6. The van der Waals surface area contributed by atoms with E-state index in [9.17, 15) is 4.79 Å². The summed E-state index contributed by atoms with van der Waals surface area (Å²) >= 11 is 0. The van der Waals surface area contributed by atoms with Gasteiger partial charge in [-0.05, 0) is 55.8 Å². The number of ether oxygens (including phenoxy) is 2. The fourth-order valence-corrected chi connectivity index (χ4v) is 3.39. The number of hydrogen-bond acceptors (Lipinski definition) is 5. The quantitative estimate of drug-likeness (QED) is 0.415. The van der Waals surface area contributed by atoms with E-state index in [-0.39, 0.29) is 5.91 Å². The number of nitrogens with one attached hydrogen (secondary N) is 1. The molecule has 0 bridgehead atoms. The number of nitrogens with zero attached hydrogens (tertiary/aromatic N) is 3. The Hall–Kier alpha value is -4.13. The predicted molar refractivity (Wildman–Crippen MR) is 128 cm³/mol. The smallest absolute Gasteiger partial charge is 0.255 e. The second-order valence-electron chi connectivity index (χ2n) is 7.57. The van der Waals surface area contributed by atoms with Crippen LogP contribution in [0.25, 0.3) is 11.4 Å². The van der Waals surface area contributed by atoms with Crippen molar-refractivity contribution < 1.29 is 14.3 Å². The van der Waals surface area contributed by atoms with Crippen LogP contribution in [0.4, 0.5) is 5.69 Å². The summed E-state index contributed by atoms with van der Waals surface area (Å²) in [6, 6.07) is 16.6. The first-order valence-electron chi connectivity index (χ1n) is 10.7. The lowest BCUT2D eigenvalue weighted by atomic mass is 10.1. The first kappa shape index (κ1) is 22.1. The summed E-state index contributed by atoms with van der Waals surface area (Å²) in [7, 11) is 1.94. The number of aromatic nitrogens is 3. The standard InChI is InChI=1S/C26H26N4O3/c1-4-32-23-11-12-27-21(16-23)17-33-22-9-7-19(8-10-22)26(31)29-24-15-20(6-5-18(24)2)25-28-13-14-30(25)3/h5-16H,4,17H2,1-3H3,(H,29,31). The second-order valence-corrected chi connectivity index (χ2v) is 7.57. The SMILES string of the molecule is CCOc1ccnc(COc2ccc(C(=O)Nc3cc(-c4nccn4C)ccc3C)cc2)c1.